The maximum absolute atomic E-state index is 11.2. The number of carbonyl (C=O) groups excluding carboxylic acids is 1. The van der Waals surface area contributed by atoms with E-state index in [2.05, 4.69) is 13.8 Å². The minimum Gasteiger partial charge on any atom is -0.449 e. The molecule has 3 heteroatoms. The van der Waals surface area contributed by atoms with Crippen LogP contribution in [0.4, 0.5) is 0 Å². The molecule has 14 heavy (non-hydrogen) atoms. The van der Waals surface area contributed by atoms with Crippen molar-refractivity contribution in [2.75, 3.05) is 0 Å². The molecule has 2 rings (SSSR count). The molecule has 0 bridgehead atoms. The third kappa shape index (κ3) is 1.12. The Morgan fingerprint density at radius 2 is 2.14 bits per heavy atom. The van der Waals surface area contributed by atoms with Gasteiger partial charge in [0, 0.05) is 6.08 Å². The van der Waals surface area contributed by atoms with E-state index < -0.39 is 11.7 Å². The highest BCUT2D eigenvalue weighted by atomic mass is 16.6. The van der Waals surface area contributed by atoms with Crippen molar-refractivity contribution in [2.45, 2.75) is 45.3 Å². The van der Waals surface area contributed by atoms with E-state index in [0.29, 0.717) is 6.42 Å². The van der Waals surface area contributed by atoms with Crippen LogP contribution in [-0.4, -0.2) is 22.8 Å². The van der Waals surface area contributed by atoms with Crippen LogP contribution in [-0.2, 0) is 9.53 Å². The zero-order chi connectivity index (χ0) is 10.6. The molecule has 3 nitrogen and oxygen atoms in total. The SMILES string of the molecule is CC1(C)CC[C@H](O)[C@]2(C)OC(=O)C=C12. The maximum atomic E-state index is 11.2. The van der Waals surface area contributed by atoms with Gasteiger partial charge in [0.15, 0.2) is 5.60 Å². The number of esters is 1. The first-order chi connectivity index (χ1) is 6.36. The zero-order valence-electron chi connectivity index (χ0n) is 8.83. The van der Waals surface area contributed by atoms with Crippen LogP contribution in [0.2, 0.25) is 0 Å². The van der Waals surface area contributed by atoms with Gasteiger partial charge >= 0.3 is 5.97 Å². The van der Waals surface area contributed by atoms with E-state index in [1.54, 1.807) is 13.0 Å². The molecule has 0 saturated heterocycles. The van der Waals surface area contributed by atoms with Gasteiger partial charge in [0.1, 0.15) is 0 Å². The van der Waals surface area contributed by atoms with Gasteiger partial charge in [0.25, 0.3) is 0 Å². The molecule has 2 aliphatic rings. The number of fused-ring (bicyclic) bond motifs is 1. The summed E-state index contributed by atoms with van der Waals surface area (Å²) in [6, 6.07) is 0. The van der Waals surface area contributed by atoms with Crippen molar-refractivity contribution in [2.24, 2.45) is 5.41 Å². The Morgan fingerprint density at radius 1 is 1.50 bits per heavy atom. The Balaban J connectivity index is 2.46. The van der Waals surface area contributed by atoms with E-state index in [1.165, 1.54) is 0 Å². The van der Waals surface area contributed by atoms with Crippen molar-refractivity contribution in [3.8, 4) is 0 Å². The fourth-order valence-electron chi connectivity index (χ4n) is 2.58. The Hall–Kier alpha value is -0.830. The van der Waals surface area contributed by atoms with Crippen LogP contribution in [0, 0.1) is 5.41 Å². The van der Waals surface area contributed by atoms with Crippen LogP contribution in [0.3, 0.4) is 0 Å². The van der Waals surface area contributed by atoms with Gasteiger partial charge in [-0.25, -0.2) is 4.79 Å². The molecule has 2 atom stereocenters. The Morgan fingerprint density at radius 3 is 2.71 bits per heavy atom. The lowest BCUT2D eigenvalue weighted by molar-refractivity contribution is -0.157. The number of hydrogen-bond acceptors (Lipinski definition) is 3. The molecule has 0 aromatic rings. The summed E-state index contributed by atoms with van der Waals surface area (Å²) in [5.41, 5.74) is 0.118. The van der Waals surface area contributed by atoms with E-state index in [0.717, 1.165) is 12.0 Å². The summed E-state index contributed by atoms with van der Waals surface area (Å²) in [7, 11) is 0. The number of aliphatic hydroxyl groups excluding tert-OH is 1. The molecule has 1 aliphatic heterocycles. The number of hydrogen-bond donors (Lipinski definition) is 1. The molecule has 78 valence electrons. The summed E-state index contributed by atoms with van der Waals surface area (Å²) in [4.78, 5) is 11.2. The summed E-state index contributed by atoms with van der Waals surface area (Å²) in [5.74, 6) is -0.323. The minimum absolute atomic E-state index is 0.0415. The first-order valence-electron chi connectivity index (χ1n) is 5.00. The average molecular weight is 196 g/mol. The van der Waals surface area contributed by atoms with Gasteiger partial charge in [-0.3, -0.25) is 0 Å². The lowest BCUT2D eigenvalue weighted by Gasteiger charge is -2.44. The third-order valence-corrected chi connectivity index (χ3v) is 3.52. The van der Waals surface area contributed by atoms with E-state index in [4.69, 9.17) is 4.74 Å². The van der Waals surface area contributed by atoms with Crippen LogP contribution >= 0.6 is 0 Å². The van der Waals surface area contributed by atoms with Crippen molar-refractivity contribution < 1.29 is 14.6 Å². The van der Waals surface area contributed by atoms with Crippen LogP contribution in [0.25, 0.3) is 0 Å². The van der Waals surface area contributed by atoms with Crippen LogP contribution < -0.4 is 0 Å². The molecule has 0 aromatic carbocycles. The van der Waals surface area contributed by atoms with Gasteiger partial charge in [0.05, 0.1) is 6.10 Å². The minimum atomic E-state index is -0.779. The predicted molar refractivity (Wildman–Crippen MR) is 51.6 cm³/mol. The number of aliphatic hydroxyl groups is 1. The predicted octanol–water partition coefficient (Wildman–Crippen LogP) is 1.41. The standard InChI is InChI=1S/C11H16O3/c1-10(2)5-4-8(12)11(3)7(10)6-9(13)14-11/h6,8,12H,4-5H2,1-3H3/t8-,11+/m0/s1. The van der Waals surface area contributed by atoms with Crippen molar-refractivity contribution in [3.63, 3.8) is 0 Å². The second-order valence-corrected chi connectivity index (χ2v) is 5.02. The summed E-state index contributed by atoms with van der Waals surface area (Å²) < 4.78 is 5.22. The summed E-state index contributed by atoms with van der Waals surface area (Å²) in [5, 5.41) is 9.87. The maximum Gasteiger partial charge on any atom is 0.331 e. The van der Waals surface area contributed by atoms with E-state index >= 15 is 0 Å². The highest BCUT2D eigenvalue weighted by Crippen LogP contribution is 2.50. The first kappa shape index (κ1) is 9.71. The fraction of sp³-hybridized carbons (Fsp3) is 0.727. The van der Waals surface area contributed by atoms with Gasteiger partial charge < -0.3 is 9.84 Å². The molecule has 0 spiro atoms. The largest absolute Gasteiger partial charge is 0.449 e. The van der Waals surface area contributed by atoms with Gasteiger partial charge in [-0.1, -0.05) is 13.8 Å². The molecule has 1 N–H and O–H groups in total. The molecule has 1 saturated carbocycles. The highest BCUT2D eigenvalue weighted by Gasteiger charge is 2.53. The quantitative estimate of drug-likeness (QED) is 0.596. The van der Waals surface area contributed by atoms with Gasteiger partial charge in [0.2, 0.25) is 0 Å². The fourth-order valence-corrected chi connectivity index (χ4v) is 2.58. The lowest BCUT2D eigenvalue weighted by atomic mass is 9.65. The van der Waals surface area contributed by atoms with Crippen molar-refractivity contribution in [1.29, 1.82) is 0 Å². The van der Waals surface area contributed by atoms with Crippen LogP contribution in [0.15, 0.2) is 11.6 Å². The molecule has 1 aliphatic carbocycles. The van der Waals surface area contributed by atoms with E-state index in [1.807, 2.05) is 0 Å². The van der Waals surface area contributed by atoms with E-state index in [9.17, 15) is 9.90 Å². The number of rotatable bonds is 0. The van der Waals surface area contributed by atoms with Crippen molar-refractivity contribution >= 4 is 5.97 Å². The average Bonchev–Trinajstić information content (AvgIpc) is 2.38. The third-order valence-electron chi connectivity index (χ3n) is 3.52. The molecule has 0 radical (unpaired) electrons. The molecule has 1 fully saturated rings. The number of carbonyl (C=O) groups is 1. The van der Waals surface area contributed by atoms with Gasteiger partial charge in [-0.15, -0.1) is 0 Å². The second-order valence-electron chi connectivity index (χ2n) is 5.02. The van der Waals surface area contributed by atoms with Crippen LogP contribution in [0.1, 0.15) is 33.6 Å². The summed E-state index contributed by atoms with van der Waals surface area (Å²) in [6.07, 6.45) is 2.57. The molecule has 1 heterocycles. The lowest BCUT2D eigenvalue weighted by Crippen LogP contribution is -2.49. The molecule has 0 aromatic heterocycles. The molecule has 0 amide bonds. The number of ether oxygens (including phenoxy) is 1. The first-order valence-corrected chi connectivity index (χ1v) is 5.00. The summed E-state index contributed by atoms with van der Waals surface area (Å²) >= 11 is 0. The Bertz CT molecular complexity index is 316. The summed E-state index contributed by atoms with van der Waals surface area (Å²) in [6.45, 7) is 5.98. The van der Waals surface area contributed by atoms with E-state index in [-0.39, 0.29) is 11.4 Å². The molecule has 0 unspecified atom stereocenters. The topological polar surface area (TPSA) is 46.5 Å². The highest BCUT2D eigenvalue weighted by molar-refractivity contribution is 5.87. The molecular weight excluding hydrogens is 180 g/mol. The Labute approximate surface area is 83.8 Å². The molecular formula is C11H16O3. The van der Waals surface area contributed by atoms with Crippen LogP contribution in [0.5, 0.6) is 0 Å². The van der Waals surface area contributed by atoms with Crippen molar-refractivity contribution in [3.05, 3.63) is 11.6 Å². The smallest absolute Gasteiger partial charge is 0.331 e. The van der Waals surface area contributed by atoms with Gasteiger partial charge in [-0.05, 0) is 30.8 Å². The Kier molecular flexibility index (Phi) is 1.80. The zero-order valence-corrected chi connectivity index (χ0v) is 8.83. The normalized spacial score (nSPS) is 40.1. The van der Waals surface area contributed by atoms with Crippen molar-refractivity contribution in [1.82, 2.24) is 0 Å². The second kappa shape index (κ2) is 2.60. The monoisotopic (exact) mass is 196 g/mol. The van der Waals surface area contributed by atoms with Gasteiger partial charge in [-0.2, -0.15) is 0 Å².